The summed E-state index contributed by atoms with van der Waals surface area (Å²) in [6.07, 6.45) is 4.99. The number of amides is 2. The van der Waals surface area contributed by atoms with E-state index < -0.39 is 0 Å². The van der Waals surface area contributed by atoms with Crippen molar-refractivity contribution >= 4 is 24.5 Å². The summed E-state index contributed by atoms with van der Waals surface area (Å²) in [5, 5.41) is 3.16. The normalized spacial score (nSPS) is 16.7. The number of benzene rings is 1. The van der Waals surface area contributed by atoms with Crippen LogP contribution >= 0.6 is 12.8 Å². The maximum atomic E-state index is 12.8. The first-order valence-corrected chi connectivity index (χ1v) is 9.65. The molecular weight excluding hydrogens is 316 g/mol. The second-order valence-electron chi connectivity index (χ2n) is 7.69. The van der Waals surface area contributed by atoms with E-state index in [2.05, 4.69) is 70.9 Å². The number of thiol groups is 1. The number of nitrogens with one attached hydrogen (secondary N) is 1. The number of anilines is 1. The summed E-state index contributed by atoms with van der Waals surface area (Å²) < 4.78 is 1.52. The minimum absolute atomic E-state index is 0.118. The molecule has 1 unspecified atom stereocenters. The highest BCUT2D eigenvalue weighted by Gasteiger charge is 2.26. The Labute approximate surface area is 152 Å². The molecule has 1 aliphatic carbocycles. The molecule has 1 aliphatic rings. The van der Waals surface area contributed by atoms with E-state index in [4.69, 9.17) is 0 Å². The Kier molecular flexibility index (Phi) is 6.62. The van der Waals surface area contributed by atoms with Gasteiger partial charge in [-0.3, -0.25) is 0 Å². The van der Waals surface area contributed by atoms with Crippen LogP contribution in [0.4, 0.5) is 10.5 Å². The van der Waals surface area contributed by atoms with Crippen LogP contribution in [0.3, 0.4) is 0 Å². The summed E-state index contributed by atoms with van der Waals surface area (Å²) in [5.41, 5.74) is 3.28. The summed E-state index contributed by atoms with van der Waals surface area (Å²) in [6, 6.07) is 6.36. The van der Waals surface area contributed by atoms with E-state index in [9.17, 15) is 4.79 Å². The Morgan fingerprint density at radius 2 is 1.58 bits per heavy atom. The molecule has 0 radical (unpaired) electrons. The first-order valence-electron chi connectivity index (χ1n) is 9.25. The smallest absolute Gasteiger partial charge is 0.332 e. The van der Waals surface area contributed by atoms with E-state index in [0.717, 1.165) is 5.69 Å². The molecule has 0 aromatic heterocycles. The van der Waals surface area contributed by atoms with Gasteiger partial charge in [0.2, 0.25) is 0 Å². The molecule has 1 atom stereocenters. The summed E-state index contributed by atoms with van der Waals surface area (Å²) in [4.78, 5) is 12.8. The minimum Gasteiger partial charge on any atom is -0.334 e. The number of carbonyl (C=O) groups is 1. The average molecular weight is 349 g/mol. The SMILES string of the molecule is CC(C)c1cccc(C(C)C)c1N(S)C(=O)NC(C)C1CCCC1. The van der Waals surface area contributed by atoms with Crippen LogP contribution < -0.4 is 9.62 Å². The summed E-state index contributed by atoms with van der Waals surface area (Å²) >= 11 is 4.58. The second-order valence-corrected chi connectivity index (χ2v) is 8.09. The van der Waals surface area contributed by atoms with Gasteiger partial charge in [0.15, 0.2) is 0 Å². The topological polar surface area (TPSA) is 32.3 Å². The lowest BCUT2D eigenvalue weighted by Crippen LogP contribution is -2.43. The van der Waals surface area contributed by atoms with E-state index in [-0.39, 0.29) is 12.1 Å². The van der Waals surface area contributed by atoms with Gasteiger partial charge in [0.05, 0.1) is 5.69 Å². The van der Waals surface area contributed by atoms with Crippen molar-refractivity contribution in [3.63, 3.8) is 0 Å². The molecule has 0 saturated heterocycles. The maximum absolute atomic E-state index is 12.8. The third kappa shape index (κ3) is 4.27. The van der Waals surface area contributed by atoms with E-state index in [0.29, 0.717) is 17.8 Å². The average Bonchev–Trinajstić information content (AvgIpc) is 3.07. The summed E-state index contributed by atoms with van der Waals surface area (Å²) in [7, 11) is 0. The van der Waals surface area contributed by atoms with Gasteiger partial charge in [0.25, 0.3) is 0 Å². The minimum atomic E-state index is -0.118. The van der Waals surface area contributed by atoms with Crippen LogP contribution in [0.5, 0.6) is 0 Å². The number of nitrogens with zero attached hydrogens (tertiary/aromatic N) is 1. The highest BCUT2D eigenvalue weighted by atomic mass is 32.1. The molecule has 1 N–H and O–H groups in total. The van der Waals surface area contributed by atoms with Gasteiger partial charge in [-0.1, -0.05) is 71.6 Å². The zero-order chi connectivity index (χ0) is 17.9. The fourth-order valence-corrected chi connectivity index (χ4v) is 3.98. The number of hydrogen-bond donors (Lipinski definition) is 2. The summed E-state index contributed by atoms with van der Waals surface area (Å²) in [6.45, 7) is 10.7. The predicted molar refractivity (Wildman–Crippen MR) is 106 cm³/mol. The van der Waals surface area contributed by atoms with Gasteiger partial charge in [-0.2, -0.15) is 0 Å². The fourth-order valence-electron chi connectivity index (χ4n) is 3.69. The Hall–Kier alpha value is -1.16. The number of carbonyl (C=O) groups excluding carboxylic acids is 1. The van der Waals surface area contributed by atoms with Gasteiger partial charge in [0.1, 0.15) is 0 Å². The molecule has 0 spiro atoms. The van der Waals surface area contributed by atoms with Crippen molar-refractivity contribution in [2.24, 2.45) is 5.92 Å². The quantitative estimate of drug-likeness (QED) is 0.641. The van der Waals surface area contributed by atoms with Crippen molar-refractivity contribution in [3.8, 4) is 0 Å². The van der Waals surface area contributed by atoms with Crippen LogP contribution in [-0.2, 0) is 0 Å². The molecule has 2 rings (SSSR count). The third-order valence-electron chi connectivity index (χ3n) is 5.20. The lowest BCUT2D eigenvalue weighted by Gasteiger charge is -2.28. The Morgan fingerprint density at radius 3 is 2.04 bits per heavy atom. The zero-order valence-corrected chi connectivity index (χ0v) is 16.6. The lowest BCUT2D eigenvalue weighted by molar-refractivity contribution is 0.242. The third-order valence-corrected chi connectivity index (χ3v) is 5.59. The number of hydrogen-bond acceptors (Lipinski definition) is 2. The Balaban J connectivity index is 2.23. The molecule has 1 saturated carbocycles. The van der Waals surface area contributed by atoms with Crippen LogP contribution in [0.25, 0.3) is 0 Å². The lowest BCUT2D eigenvalue weighted by atomic mass is 9.92. The van der Waals surface area contributed by atoms with Crippen LogP contribution in [-0.4, -0.2) is 12.1 Å². The van der Waals surface area contributed by atoms with Gasteiger partial charge < -0.3 is 5.32 Å². The molecule has 0 heterocycles. The number of rotatable bonds is 5. The van der Waals surface area contributed by atoms with E-state index >= 15 is 0 Å². The zero-order valence-electron chi connectivity index (χ0n) is 15.7. The highest BCUT2D eigenvalue weighted by molar-refractivity contribution is 7.82. The molecule has 134 valence electrons. The van der Waals surface area contributed by atoms with Crippen molar-refractivity contribution in [3.05, 3.63) is 29.3 Å². The van der Waals surface area contributed by atoms with Crippen molar-refractivity contribution < 1.29 is 4.79 Å². The van der Waals surface area contributed by atoms with Crippen molar-refractivity contribution in [1.29, 1.82) is 0 Å². The number of para-hydroxylation sites is 1. The van der Waals surface area contributed by atoms with Crippen LogP contribution in [0.1, 0.15) is 83.3 Å². The van der Waals surface area contributed by atoms with Crippen molar-refractivity contribution in [1.82, 2.24) is 5.32 Å². The van der Waals surface area contributed by atoms with Crippen LogP contribution in [0.15, 0.2) is 18.2 Å². The standard InChI is InChI=1S/C20H32N2OS/c1-13(2)17-11-8-12-18(14(3)4)19(17)22(24)20(23)21-15(5)16-9-6-7-10-16/h8,11-16,24H,6-7,9-10H2,1-5H3,(H,21,23). The molecule has 0 aliphatic heterocycles. The van der Waals surface area contributed by atoms with Crippen LogP contribution in [0, 0.1) is 5.92 Å². The van der Waals surface area contributed by atoms with E-state index in [1.807, 2.05) is 0 Å². The highest BCUT2D eigenvalue weighted by Crippen LogP contribution is 2.36. The van der Waals surface area contributed by atoms with Crippen molar-refractivity contribution in [2.45, 2.75) is 78.2 Å². The first kappa shape index (κ1) is 19.2. The molecule has 1 aromatic rings. The molecule has 4 heteroatoms. The molecule has 3 nitrogen and oxygen atoms in total. The maximum Gasteiger partial charge on any atom is 0.332 e. The predicted octanol–water partition coefficient (Wildman–Crippen LogP) is 5.87. The monoisotopic (exact) mass is 348 g/mol. The van der Waals surface area contributed by atoms with Crippen molar-refractivity contribution in [2.75, 3.05) is 4.31 Å². The first-order chi connectivity index (χ1) is 11.3. The van der Waals surface area contributed by atoms with Gasteiger partial charge in [-0.25, -0.2) is 9.10 Å². The van der Waals surface area contributed by atoms with E-state index in [1.165, 1.54) is 41.1 Å². The van der Waals surface area contributed by atoms with Gasteiger partial charge >= 0.3 is 6.03 Å². The van der Waals surface area contributed by atoms with Gasteiger partial charge in [-0.05, 0) is 48.6 Å². The number of urea groups is 1. The van der Waals surface area contributed by atoms with E-state index in [1.54, 1.807) is 0 Å². The summed E-state index contributed by atoms with van der Waals surface area (Å²) in [5.74, 6) is 1.28. The Bertz CT molecular complexity index is 539. The molecule has 1 fully saturated rings. The fraction of sp³-hybridized carbons (Fsp3) is 0.650. The molecule has 1 aromatic carbocycles. The van der Waals surface area contributed by atoms with Gasteiger partial charge in [0, 0.05) is 6.04 Å². The second kappa shape index (κ2) is 8.28. The Morgan fingerprint density at radius 1 is 1.08 bits per heavy atom. The molecule has 24 heavy (non-hydrogen) atoms. The molecule has 2 amide bonds. The molecular formula is C20H32N2OS. The van der Waals surface area contributed by atoms with Gasteiger partial charge in [-0.15, -0.1) is 0 Å². The van der Waals surface area contributed by atoms with Crippen LogP contribution in [0.2, 0.25) is 0 Å². The molecule has 0 bridgehead atoms. The largest absolute Gasteiger partial charge is 0.334 e.